The third-order valence-corrected chi connectivity index (χ3v) is 6.19. The Morgan fingerprint density at radius 2 is 2.10 bits per heavy atom. The number of nitrogens with zero attached hydrogens (tertiary/aromatic N) is 5. The Balaban J connectivity index is 1.36. The van der Waals surface area contributed by atoms with Crippen molar-refractivity contribution in [3.8, 4) is 17.0 Å². The van der Waals surface area contributed by atoms with Gasteiger partial charge in [-0.3, -0.25) is 9.48 Å². The number of ether oxygens (including phenoxy) is 1. The van der Waals surface area contributed by atoms with Gasteiger partial charge in [-0.15, -0.1) is 0 Å². The molecule has 1 amide bonds. The van der Waals surface area contributed by atoms with E-state index < -0.39 is 0 Å². The molecule has 30 heavy (non-hydrogen) atoms. The number of hydrogen-bond acceptors (Lipinski definition) is 5. The molecule has 1 N–H and O–H groups in total. The summed E-state index contributed by atoms with van der Waals surface area (Å²) in [4.78, 5) is 14.4. The molecule has 2 aliphatic rings. The van der Waals surface area contributed by atoms with Gasteiger partial charge >= 0.3 is 0 Å². The SMILES string of the molecule is CN1CCCC[C@H]1COc1cnn(C)c1-c1ccn2nc(NC(=O)C3CC3)cc2c1. The number of aryl methyl sites for hydroxylation is 1. The van der Waals surface area contributed by atoms with E-state index in [2.05, 4.69) is 33.5 Å². The van der Waals surface area contributed by atoms with E-state index in [1.54, 1.807) is 10.7 Å². The summed E-state index contributed by atoms with van der Waals surface area (Å²) < 4.78 is 9.84. The average Bonchev–Trinajstić information content (AvgIpc) is 3.42. The first-order valence-electron chi connectivity index (χ1n) is 10.7. The van der Waals surface area contributed by atoms with Crippen molar-refractivity contribution >= 4 is 17.2 Å². The number of nitrogens with one attached hydrogen (secondary N) is 1. The lowest BCUT2D eigenvalue weighted by Crippen LogP contribution is -2.40. The maximum absolute atomic E-state index is 12.0. The van der Waals surface area contributed by atoms with Crippen LogP contribution in [0.15, 0.2) is 30.6 Å². The van der Waals surface area contributed by atoms with Crippen LogP contribution >= 0.6 is 0 Å². The van der Waals surface area contributed by atoms with Crippen molar-refractivity contribution in [2.24, 2.45) is 13.0 Å². The summed E-state index contributed by atoms with van der Waals surface area (Å²) in [6.07, 6.45) is 9.34. The summed E-state index contributed by atoms with van der Waals surface area (Å²) in [6, 6.07) is 6.40. The fraction of sp³-hybridized carbons (Fsp3) is 0.500. The number of rotatable bonds is 6. The Morgan fingerprint density at radius 3 is 2.90 bits per heavy atom. The second-order valence-electron chi connectivity index (χ2n) is 8.50. The van der Waals surface area contributed by atoms with Crippen molar-refractivity contribution in [3.05, 3.63) is 30.6 Å². The van der Waals surface area contributed by atoms with E-state index in [4.69, 9.17) is 4.74 Å². The molecule has 3 aromatic heterocycles. The van der Waals surface area contributed by atoms with Crippen LogP contribution in [0.25, 0.3) is 16.8 Å². The zero-order valence-electron chi connectivity index (χ0n) is 17.5. The minimum atomic E-state index is 0.0635. The number of piperidine rings is 1. The highest BCUT2D eigenvalue weighted by atomic mass is 16.5. The predicted molar refractivity (Wildman–Crippen MR) is 115 cm³/mol. The summed E-state index contributed by atoms with van der Waals surface area (Å²) >= 11 is 0. The molecule has 0 spiro atoms. The number of anilines is 1. The van der Waals surface area contributed by atoms with Crippen LogP contribution in [-0.2, 0) is 11.8 Å². The Bertz CT molecular complexity index is 1070. The number of hydrogen-bond donors (Lipinski definition) is 1. The van der Waals surface area contributed by atoms with Crippen LogP contribution in [0, 0.1) is 5.92 Å². The zero-order chi connectivity index (χ0) is 20.7. The molecular formula is C22H28N6O2. The van der Waals surface area contributed by atoms with E-state index in [0.29, 0.717) is 18.5 Å². The first-order valence-corrected chi connectivity index (χ1v) is 10.7. The van der Waals surface area contributed by atoms with Crippen LogP contribution in [0.3, 0.4) is 0 Å². The van der Waals surface area contributed by atoms with Crippen LogP contribution < -0.4 is 10.1 Å². The molecule has 3 aromatic rings. The maximum Gasteiger partial charge on any atom is 0.228 e. The molecule has 0 unspecified atom stereocenters. The lowest BCUT2D eigenvalue weighted by atomic mass is 10.0. The monoisotopic (exact) mass is 408 g/mol. The van der Waals surface area contributed by atoms with Gasteiger partial charge in [0.25, 0.3) is 0 Å². The first kappa shape index (κ1) is 19.1. The molecule has 8 heteroatoms. The topological polar surface area (TPSA) is 76.7 Å². The minimum Gasteiger partial charge on any atom is -0.488 e. The molecule has 0 bridgehead atoms. The second-order valence-corrected chi connectivity index (χ2v) is 8.50. The summed E-state index contributed by atoms with van der Waals surface area (Å²) in [5.74, 6) is 1.60. The Morgan fingerprint density at radius 1 is 1.23 bits per heavy atom. The predicted octanol–water partition coefficient (Wildman–Crippen LogP) is 2.95. The van der Waals surface area contributed by atoms with Gasteiger partial charge in [0, 0.05) is 36.8 Å². The molecule has 1 saturated heterocycles. The van der Waals surface area contributed by atoms with Crippen LogP contribution in [-0.4, -0.2) is 56.4 Å². The standard InChI is InChI=1S/C22H28N6O2/c1-26-9-4-3-5-17(26)14-30-19-13-23-27(2)21(19)16-8-10-28-18(11-16)12-20(25-28)24-22(29)15-6-7-15/h8,10-13,15,17H,3-7,9,14H2,1-2H3,(H,24,25,29)/t17-/m0/s1. The number of pyridine rings is 1. The van der Waals surface area contributed by atoms with Crippen molar-refractivity contribution in [1.29, 1.82) is 0 Å². The summed E-state index contributed by atoms with van der Waals surface area (Å²) in [6.45, 7) is 1.80. The summed E-state index contributed by atoms with van der Waals surface area (Å²) in [7, 11) is 4.10. The highest BCUT2D eigenvalue weighted by Gasteiger charge is 2.30. The number of carbonyl (C=O) groups excluding carboxylic acids is 1. The van der Waals surface area contributed by atoms with Crippen molar-refractivity contribution in [2.75, 3.05) is 25.5 Å². The lowest BCUT2D eigenvalue weighted by Gasteiger charge is -2.32. The molecule has 5 rings (SSSR count). The molecule has 1 aliphatic carbocycles. The Kier molecular flexibility index (Phi) is 4.94. The van der Waals surface area contributed by atoms with Crippen molar-refractivity contribution in [3.63, 3.8) is 0 Å². The van der Waals surface area contributed by atoms with Gasteiger partial charge in [-0.25, -0.2) is 4.52 Å². The third-order valence-electron chi connectivity index (χ3n) is 6.19. The van der Waals surface area contributed by atoms with Gasteiger partial charge < -0.3 is 15.0 Å². The number of aromatic nitrogens is 4. The van der Waals surface area contributed by atoms with E-state index in [0.717, 1.165) is 41.9 Å². The zero-order valence-corrected chi connectivity index (χ0v) is 17.5. The van der Waals surface area contributed by atoms with Gasteiger partial charge in [0.15, 0.2) is 11.6 Å². The van der Waals surface area contributed by atoms with Crippen LogP contribution in [0.4, 0.5) is 5.82 Å². The Labute approximate surface area is 175 Å². The molecule has 4 heterocycles. The molecule has 0 aromatic carbocycles. The Hall–Kier alpha value is -2.87. The van der Waals surface area contributed by atoms with E-state index >= 15 is 0 Å². The number of likely N-dealkylation sites (N-methyl/N-ethyl adjacent to an activating group) is 1. The normalized spacial score (nSPS) is 19.9. The largest absolute Gasteiger partial charge is 0.488 e. The molecule has 2 fully saturated rings. The molecule has 158 valence electrons. The minimum absolute atomic E-state index is 0.0635. The highest BCUT2D eigenvalue weighted by Crippen LogP contribution is 2.32. The molecule has 1 saturated carbocycles. The molecular weight excluding hydrogens is 380 g/mol. The van der Waals surface area contributed by atoms with Crippen LogP contribution in [0.1, 0.15) is 32.1 Å². The van der Waals surface area contributed by atoms with Crippen LogP contribution in [0.2, 0.25) is 0 Å². The molecule has 8 nitrogen and oxygen atoms in total. The van der Waals surface area contributed by atoms with E-state index in [1.807, 2.05) is 30.1 Å². The van der Waals surface area contributed by atoms with E-state index in [1.165, 1.54) is 19.3 Å². The number of carbonyl (C=O) groups is 1. The third kappa shape index (κ3) is 3.79. The number of fused-ring (bicyclic) bond motifs is 1. The van der Waals surface area contributed by atoms with Gasteiger partial charge in [-0.05, 0) is 51.4 Å². The summed E-state index contributed by atoms with van der Waals surface area (Å²) in [5, 5.41) is 11.8. The average molecular weight is 409 g/mol. The lowest BCUT2D eigenvalue weighted by molar-refractivity contribution is -0.117. The quantitative estimate of drug-likeness (QED) is 0.679. The van der Waals surface area contributed by atoms with Gasteiger partial charge in [0.05, 0.1) is 11.7 Å². The number of amides is 1. The van der Waals surface area contributed by atoms with Gasteiger partial charge in [0.2, 0.25) is 5.91 Å². The maximum atomic E-state index is 12.0. The van der Waals surface area contributed by atoms with Gasteiger partial charge in [-0.1, -0.05) is 6.42 Å². The second kappa shape index (κ2) is 7.75. The van der Waals surface area contributed by atoms with Crippen LogP contribution in [0.5, 0.6) is 5.75 Å². The number of likely N-dealkylation sites (tertiary alicyclic amines) is 1. The first-order chi connectivity index (χ1) is 14.6. The van der Waals surface area contributed by atoms with E-state index in [9.17, 15) is 4.79 Å². The molecule has 0 radical (unpaired) electrons. The summed E-state index contributed by atoms with van der Waals surface area (Å²) in [5.41, 5.74) is 2.87. The molecule has 1 atom stereocenters. The van der Waals surface area contributed by atoms with E-state index in [-0.39, 0.29) is 11.8 Å². The van der Waals surface area contributed by atoms with Crippen molar-refractivity contribution < 1.29 is 9.53 Å². The van der Waals surface area contributed by atoms with Crippen molar-refractivity contribution in [1.82, 2.24) is 24.3 Å². The fourth-order valence-electron chi connectivity index (χ4n) is 4.17. The smallest absolute Gasteiger partial charge is 0.228 e. The van der Waals surface area contributed by atoms with Gasteiger partial charge in [0.1, 0.15) is 12.3 Å². The molecule has 1 aliphatic heterocycles. The van der Waals surface area contributed by atoms with Gasteiger partial charge in [-0.2, -0.15) is 10.2 Å². The fourth-order valence-corrected chi connectivity index (χ4v) is 4.17. The van der Waals surface area contributed by atoms with Crippen molar-refractivity contribution in [2.45, 2.75) is 38.1 Å². The highest BCUT2D eigenvalue weighted by molar-refractivity contribution is 5.93.